The topological polar surface area (TPSA) is 83.9 Å². The van der Waals surface area contributed by atoms with Crippen molar-refractivity contribution < 1.29 is 24.2 Å². The number of rotatable bonds is 5. The van der Waals surface area contributed by atoms with E-state index < -0.39 is 12.0 Å². The summed E-state index contributed by atoms with van der Waals surface area (Å²) in [6.07, 6.45) is 0.0714. The van der Waals surface area contributed by atoms with E-state index in [0.29, 0.717) is 18.7 Å². The Balaban J connectivity index is 2.67. The highest BCUT2D eigenvalue weighted by Crippen LogP contribution is 2.23. The molecule has 0 aromatic rings. The van der Waals surface area contributed by atoms with Crippen molar-refractivity contribution in [2.24, 2.45) is 5.92 Å². The minimum absolute atomic E-state index is 0.0503. The molecule has 6 nitrogen and oxygen atoms in total. The molecule has 1 rings (SSSR count). The maximum Gasteiger partial charge on any atom is 0.326 e. The van der Waals surface area contributed by atoms with Crippen molar-refractivity contribution in [3.05, 3.63) is 0 Å². The summed E-state index contributed by atoms with van der Waals surface area (Å²) in [6, 6.07) is -0.831. The number of carbonyl (C=O) groups is 3. The lowest BCUT2D eigenvalue weighted by Crippen LogP contribution is -2.43. The van der Waals surface area contributed by atoms with Crippen LogP contribution in [0.4, 0.5) is 0 Å². The fourth-order valence-corrected chi connectivity index (χ4v) is 2.67. The molecule has 0 bridgehead atoms. The van der Waals surface area contributed by atoms with Crippen LogP contribution in [-0.4, -0.2) is 58.6 Å². The SMILES string of the molecule is CO[C@H]1C[C@@H](C(=O)O)N(C(=O)C(C)CSC(C)=O)C1. The summed E-state index contributed by atoms with van der Waals surface area (Å²) >= 11 is 1.08. The van der Waals surface area contributed by atoms with E-state index in [1.807, 2.05) is 0 Å². The van der Waals surface area contributed by atoms with Crippen LogP contribution in [0.1, 0.15) is 20.3 Å². The van der Waals surface area contributed by atoms with E-state index in [4.69, 9.17) is 9.84 Å². The number of amides is 1. The molecule has 0 aromatic heterocycles. The highest BCUT2D eigenvalue weighted by atomic mass is 32.2. The molecule has 1 aliphatic heterocycles. The quantitative estimate of drug-likeness (QED) is 0.798. The van der Waals surface area contributed by atoms with Gasteiger partial charge in [0, 0.05) is 38.7 Å². The molecule has 1 amide bonds. The summed E-state index contributed by atoms with van der Waals surface area (Å²) in [5, 5.41) is 9.09. The number of methoxy groups -OCH3 is 1. The van der Waals surface area contributed by atoms with Gasteiger partial charge in [0.25, 0.3) is 0 Å². The number of nitrogens with zero attached hydrogens (tertiary/aromatic N) is 1. The summed E-state index contributed by atoms with van der Waals surface area (Å²) in [4.78, 5) is 35.6. The number of aliphatic carboxylic acids is 1. The molecule has 3 atom stereocenters. The van der Waals surface area contributed by atoms with E-state index in [0.717, 1.165) is 11.8 Å². The molecule has 0 aromatic carbocycles. The fraction of sp³-hybridized carbons (Fsp3) is 0.750. The van der Waals surface area contributed by atoms with Gasteiger partial charge in [0.15, 0.2) is 5.12 Å². The minimum atomic E-state index is -1.01. The monoisotopic (exact) mass is 289 g/mol. The Bertz CT molecular complexity index is 373. The van der Waals surface area contributed by atoms with Gasteiger partial charge in [-0.1, -0.05) is 18.7 Å². The normalized spacial score (nSPS) is 24.3. The molecule has 0 aliphatic carbocycles. The fourth-order valence-electron chi connectivity index (χ4n) is 2.04. The maximum absolute atomic E-state index is 12.2. The van der Waals surface area contributed by atoms with E-state index in [-0.39, 0.29) is 23.0 Å². The molecule has 19 heavy (non-hydrogen) atoms. The van der Waals surface area contributed by atoms with E-state index in [2.05, 4.69) is 0 Å². The molecule has 1 unspecified atom stereocenters. The molecule has 1 saturated heterocycles. The zero-order chi connectivity index (χ0) is 14.6. The van der Waals surface area contributed by atoms with Gasteiger partial charge in [-0.2, -0.15) is 0 Å². The molecule has 1 heterocycles. The number of hydrogen-bond acceptors (Lipinski definition) is 5. The lowest BCUT2D eigenvalue weighted by Gasteiger charge is -2.24. The summed E-state index contributed by atoms with van der Waals surface area (Å²) in [5.74, 6) is -1.26. The lowest BCUT2D eigenvalue weighted by atomic mass is 10.1. The van der Waals surface area contributed by atoms with Crippen LogP contribution in [-0.2, 0) is 19.1 Å². The zero-order valence-corrected chi connectivity index (χ0v) is 12.1. The summed E-state index contributed by atoms with van der Waals surface area (Å²) in [5.41, 5.74) is 0. The van der Waals surface area contributed by atoms with Crippen LogP contribution >= 0.6 is 11.8 Å². The molecule has 7 heteroatoms. The molecule has 108 valence electrons. The number of ether oxygens (including phenoxy) is 1. The Kier molecular flexibility index (Phi) is 5.81. The number of carboxylic acid groups (broad SMARTS) is 1. The number of thioether (sulfide) groups is 1. The standard InChI is InChI=1S/C12H19NO5S/c1-7(6-19-8(2)14)11(15)13-5-9(18-3)4-10(13)12(16)17/h7,9-10H,4-6H2,1-3H3,(H,16,17)/t7?,9-,10-/m0/s1. The minimum Gasteiger partial charge on any atom is -0.480 e. The van der Waals surface area contributed by atoms with Gasteiger partial charge < -0.3 is 14.7 Å². The van der Waals surface area contributed by atoms with Crippen LogP contribution in [0.15, 0.2) is 0 Å². The Morgan fingerprint density at radius 2 is 2.11 bits per heavy atom. The van der Waals surface area contributed by atoms with Gasteiger partial charge in [-0.25, -0.2) is 4.79 Å². The number of carbonyl (C=O) groups excluding carboxylic acids is 2. The van der Waals surface area contributed by atoms with Crippen molar-refractivity contribution in [3.63, 3.8) is 0 Å². The average Bonchev–Trinajstić information content (AvgIpc) is 2.79. The molecule has 1 aliphatic rings. The van der Waals surface area contributed by atoms with Gasteiger partial charge >= 0.3 is 5.97 Å². The maximum atomic E-state index is 12.2. The van der Waals surface area contributed by atoms with Gasteiger partial charge in [0.2, 0.25) is 5.91 Å². The second-order valence-electron chi connectivity index (χ2n) is 4.64. The van der Waals surface area contributed by atoms with Crippen molar-refractivity contribution in [2.45, 2.75) is 32.4 Å². The highest BCUT2D eigenvalue weighted by molar-refractivity contribution is 8.13. The van der Waals surface area contributed by atoms with Crippen molar-refractivity contribution >= 4 is 28.8 Å². The smallest absolute Gasteiger partial charge is 0.326 e. The number of likely N-dealkylation sites (tertiary alicyclic amines) is 1. The predicted molar refractivity (Wildman–Crippen MR) is 70.9 cm³/mol. The molecule has 1 fully saturated rings. The third-order valence-electron chi connectivity index (χ3n) is 3.12. The summed E-state index contributed by atoms with van der Waals surface area (Å²) in [6.45, 7) is 3.44. The zero-order valence-electron chi connectivity index (χ0n) is 11.3. The van der Waals surface area contributed by atoms with E-state index in [1.54, 1.807) is 6.92 Å². The van der Waals surface area contributed by atoms with E-state index >= 15 is 0 Å². The van der Waals surface area contributed by atoms with Gasteiger partial charge in [-0.15, -0.1) is 0 Å². The Labute approximate surface area is 116 Å². The second kappa shape index (κ2) is 6.91. The van der Waals surface area contributed by atoms with Crippen LogP contribution in [0.5, 0.6) is 0 Å². The Hall–Kier alpha value is -1.08. The van der Waals surface area contributed by atoms with Gasteiger partial charge in [0.05, 0.1) is 6.10 Å². The predicted octanol–water partition coefficient (Wildman–Crippen LogP) is 0.603. The second-order valence-corrected chi connectivity index (χ2v) is 5.84. The van der Waals surface area contributed by atoms with Crippen LogP contribution in [0.25, 0.3) is 0 Å². The van der Waals surface area contributed by atoms with Crippen LogP contribution < -0.4 is 0 Å². The first-order chi connectivity index (χ1) is 8.86. The first-order valence-corrected chi connectivity index (χ1v) is 7.04. The van der Waals surface area contributed by atoms with E-state index in [9.17, 15) is 14.4 Å². The summed E-state index contributed by atoms with van der Waals surface area (Å²) < 4.78 is 5.13. The third-order valence-corrected chi connectivity index (χ3v) is 4.20. The number of hydrogen-bond donors (Lipinski definition) is 1. The lowest BCUT2D eigenvalue weighted by molar-refractivity contribution is -0.149. The Morgan fingerprint density at radius 3 is 2.58 bits per heavy atom. The molecule has 1 N–H and O–H groups in total. The van der Waals surface area contributed by atoms with E-state index in [1.165, 1.54) is 18.9 Å². The van der Waals surface area contributed by atoms with Crippen molar-refractivity contribution in [2.75, 3.05) is 19.4 Å². The molecule has 0 spiro atoms. The number of carboxylic acids is 1. The van der Waals surface area contributed by atoms with Crippen molar-refractivity contribution in [3.8, 4) is 0 Å². The van der Waals surface area contributed by atoms with Crippen LogP contribution in [0.3, 0.4) is 0 Å². The first-order valence-electron chi connectivity index (χ1n) is 6.06. The highest BCUT2D eigenvalue weighted by Gasteiger charge is 2.40. The van der Waals surface area contributed by atoms with Gasteiger partial charge in [-0.3, -0.25) is 9.59 Å². The largest absolute Gasteiger partial charge is 0.480 e. The van der Waals surface area contributed by atoms with Crippen molar-refractivity contribution in [1.82, 2.24) is 4.90 Å². The molecular formula is C12H19NO5S. The molecule has 0 radical (unpaired) electrons. The first kappa shape index (κ1) is 16.0. The van der Waals surface area contributed by atoms with Gasteiger partial charge in [0.1, 0.15) is 6.04 Å². The molecule has 0 saturated carbocycles. The van der Waals surface area contributed by atoms with Crippen LogP contribution in [0.2, 0.25) is 0 Å². The third kappa shape index (κ3) is 4.21. The van der Waals surface area contributed by atoms with Crippen molar-refractivity contribution in [1.29, 1.82) is 0 Å². The average molecular weight is 289 g/mol. The van der Waals surface area contributed by atoms with Crippen LogP contribution in [0, 0.1) is 5.92 Å². The summed E-state index contributed by atoms with van der Waals surface area (Å²) in [7, 11) is 1.51. The van der Waals surface area contributed by atoms with Gasteiger partial charge in [-0.05, 0) is 0 Å². The molecular weight excluding hydrogens is 270 g/mol. The Morgan fingerprint density at radius 1 is 1.47 bits per heavy atom.